The molecule has 20 heavy (non-hydrogen) atoms. The molecular weight excluding hydrogens is 268 g/mol. The smallest absolute Gasteiger partial charge is 0.120 e. The van der Waals surface area contributed by atoms with Crippen LogP contribution in [0.15, 0.2) is 18.2 Å². The van der Waals surface area contributed by atoms with Gasteiger partial charge in [0, 0.05) is 22.5 Å². The number of aromatic hydroxyl groups is 1. The molecule has 0 amide bonds. The van der Waals surface area contributed by atoms with E-state index in [0.29, 0.717) is 5.75 Å². The fraction of sp³-hybridized carbons (Fsp3) is 0.438. The van der Waals surface area contributed by atoms with Gasteiger partial charge in [-0.2, -0.15) is 0 Å². The van der Waals surface area contributed by atoms with Crippen molar-refractivity contribution >= 4 is 11.3 Å². The zero-order valence-electron chi connectivity index (χ0n) is 12.7. The summed E-state index contributed by atoms with van der Waals surface area (Å²) in [5.41, 5.74) is 3.19. The Morgan fingerprint density at radius 2 is 1.85 bits per heavy atom. The number of hydrogen-bond acceptors (Lipinski definition) is 4. The number of aryl methyl sites for hydroxylation is 3. The van der Waals surface area contributed by atoms with Gasteiger partial charge in [0.2, 0.25) is 0 Å². The first-order valence-electron chi connectivity index (χ1n) is 6.88. The Morgan fingerprint density at radius 3 is 2.45 bits per heavy atom. The van der Waals surface area contributed by atoms with Gasteiger partial charge in [0.25, 0.3) is 0 Å². The van der Waals surface area contributed by atoms with Crippen molar-refractivity contribution in [1.82, 2.24) is 10.3 Å². The Kier molecular flexibility index (Phi) is 4.45. The van der Waals surface area contributed by atoms with Crippen molar-refractivity contribution in [2.24, 2.45) is 0 Å². The molecule has 0 bridgehead atoms. The van der Waals surface area contributed by atoms with Crippen LogP contribution in [0, 0.1) is 20.8 Å². The van der Waals surface area contributed by atoms with Crippen molar-refractivity contribution in [2.45, 2.75) is 46.7 Å². The average Bonchev–Trinajstić information content (AvgIpc) is 2.71. The van der Waals surface area contributed by atoms with E-state index in [-0.39, 0.29) is 12.1 Å². The van der Waals surface area contributed by atoms with Gasteiger partial charge in [0.15, 0.2) is 0 Å². The van der Waals surface area contributed by atoms with Crippen molar-refractivity contribution in [1.29, 1.82) is 0 Å². The molecule has 0 aliphatic carbocycles. The summed E-state index contributed by atoms with van der Waals surface area (Å²) in [6, 6.07) is 6.02. The summed E-state index contributed by atoms with van der Waals surface area (Å²) < 4.78 is 0. The minimum absolute atomic E-state index is 0.0895. The van der Waals surface area contributed by atoms with E-state index in [1.54, 1.807) is 17.4 Å². The van der Waals surface area contributed by atoms with Crippen LogP contribution in [0.4, 0.5) is 0 Å². The molecular formula is C16H22N2OS. The van der Waals surface area contributed by atoms with Crippen LogP contribution in [0.1, 0.15) is 52.6 Å². The maximum absolute atomic E-state index is 10.00. The molecule has 1 aromatic carbocycles. The van der Waals surface area contributed by atoms with Crippen molar-refractivity contribution in [3.63, 3.8) is 0 Å². The van der Waals surface area contributed by atoms with Gasteiger partial charge in [-0.25, -0.2) is 4.98 Å². The molecule has 0 saturated heterocycles. The Morgan fingerprint density at radius 1 is 1.15 bits per heavy atom. The topological polar surface area (TPSA) is 45.1 Å². The van der Waals surface area contributed by atoms with E-state index in [9.17, 15) is 5.11 Å². The molecule has 1 heterocycles. The fourth-order valence-electron chi connectivity index (χ4n) is 2.51. The minimum atomic E-state index is 0.0895. The van der Waals surface area contributed by atoms with Gasteiger partial charge in [0.1, 0.15) is 5.75 Å². The van der Waals surface area contributed by atoms with Crippen LogP contribution >= 0.6 is 11.3 Å². The normalized spacial score (nSPS) is 14.2. The summed E-state index contributed by atoms with van der Waals surface area (Å²) in [6.45, 7) is 10.3. The van der Waals surface area contributed by atoms with Crippen molar-refractivity contribution < 1.29 is 5.11 Å². The Bertz CT molecular complexity index is 607. The Labute approximate surface area is 124 Å². The van der Waals surface area contributed by atoms with Gasteiger partial charge in [-0.1, -0.05) is 17.7 Å². The highest BCUT2D eigenvalue weighted by atomic mass is 32.1. The number of nitrogens with zero attached hydrogens (tertiary/aromatic N) is 1. The first kappa shape index (κ1) is 15.0. The van der Waals surface area contributed by atoms with E-state index < -0.39 is 0 Å². The molecule has 2 unspecified atom stereocenters. The van der Waals surface area contributed by atoms with E-state index in [0.717, 1.165) is 21.8 Å². The zero-order valence-corrected chi connectivity index (χ0v) is 13.5. The van der Waals surface area contributed by atoms with E-state index >= 15 is 0 Å². The van der Waals surface area contributed by atoms with Crippen LogP contribution < -0.4 is 5.32 Å². The number of aromatic nitrogens is 1. The maximum Gasteiger partial charge on any atom is 0.120 e. The standard InChI is InChI=1S/C16H22N2OS/c1-9-6-7-15(19)14(8-9)10(2)17-11(3)16-12(4)18-13(5)20-16/h6-8,10-11,17,19H,1-5H3. The number of rotatable bonds is 4. The van der Waals surface area contributed by atoms with Gasteiger partial charge in [0.05, 0.1) is 10.7 Å². The number of nitrogens with one attached hydrogen (secondary N) is 1. The summed E-state index contributed by atoms with van der Waals surface area (Å²) in [6.07, 6.45) is 0. The molecule has 2 rings (SSSR count). The first-order chi connectivity index (χ1) is 9.38. The molecule has 0 radical (unpaired) electrons. The van der Waals surface area contributed by atoms with Gasteiger partial charge in [-0.3, -0.25) is 0 Å². The van der Waals surface area contributed by atoms with Gasteiger partial charge in [-0.05, 0) is 40.7 Å². The SMILES string of the molecule is Cc1ccc(O)c(C(C)NC(C)c2sc(C)nc2C)c1. The van der Waals surface area contributed by atoms with Crippen molar-refractivity contribution in [3.8, 4) is 5.75 Å². The summed E-state index contributed by atoms with van der Waals surface area (Å²) >= 11 is 1.73. The number of benzene rings is 1. The third-order valence-corrected chi connectivity index (χ3v) is 4.74. The third kappa shape index (κ3) is 3.19. The Balaban J connectivity index is 2.17. The van der Waals surface area contributed by atoms with Crippen molar-refractivity contribution in [3.05, 3.63) is 44.9 Å². The highest BCUT2D eigenvalue weighted by molar-refractivity contribution is 7.11. The molecule has 4 heteroatoms. The summed E-state index contributed by atoms with van der Waals surface area (Å²) in [5, 5.41) is 14.6. The molecule has 0 spiro atoms. The van der Waals surface area contributed by atoms with Gasteiger partial charge < -0.3 is 10.4 Å². The highest BCUT2D eigenvalue weighted by Crippen LogP contribution is 2.30. The second kappa shape index (κ2) is 5.94. The van der Waals surface area contributed by atoms with Crippen LogP contribution in [0.3, 0.4) is 0 Å². The monoisotopic (exact) mass is 290 g/mol. The molecule has 2 N–H and O–H groups in total. The van der Waals surface area contributed by atoms with Gasteiger partial charge in [-0.15, -0.1) is 11.3 Å². The summed E-state index contributed by atoms with van der Waals surface area (Å²) in [4.78, 5) is 5.74. The van der Waals surface area contributed by atoms with E-state index in [2.05, 4.69) is 24.1 Å². The molecule has 3 nitrogen and oxygen atoms in total. The predicted octanol–water partition coefficient (Wildman–Crippen LogP) is 4.19. The second-order valence-corrected chi connectivity index (χ2v) is 6.59. The lowest BCUT2D eigenvalue weighted by Crippen LogP contribution is -2.22. The fourth-order valence-corrected chi connectivity index (χ4v) is 3.45. The molecule has 2 atom stereocenters. The Hall–Kier alpha value is -1.39. The van der Waals surface area contributed by atoms with Crippen LogP contribution in [0.2, 0.25) is 0 Å². The maximum atomic E-state index is 10.00. The number of thiazole rings is 1. The molecule has 0 aliphatic rings. The lowest BCUT2D eigenvalue weighted by atomic mass is 10.0. The molecule has 108 valence electrons. The first-order valence-corrected chi connectivity index (χ1v) is 7.69. The third-order valence-electron chi connectivity index (χ3n) is 3.48. The largest absolute Gasteiger partial charge is 0.508 e. The zero-order chi connectivity index (χ0) is 14.9. The highest BCUT2D eigenvalue weighted by Gasteiger charge is 2.17. The molecule has 0 saturated carbocycles. The average molecular weight is 290 g/mol. The lowest BCUT2D eigenvalue weighted by molar-refractivity contribution is 0.439. The van der Waals surface area contributed by atoms with Crippen LogP contribution in [-0.2, 0) is 0 Å². The molecule has 1 aromatic heterocycles. The number of hydrogen-bond donors (Lipinski definition) is 2. The van der Waals surface area contributed by atoms with E-state index in [1.165, 1.54) is 4.88 Å². The predicted molar refractivity (Wildman–Crippen MR) is 84.4 cm³/mol. The second-order valence-electron chi connectivity index (χ2n) is 5.35. The summed E-state index contributed by atoms with van der Waals surface area (Å²) in [5.74, 6) is 0.347. The molecule has 2 aromatic rings. The van der Waals surface area contributed by atoms with E-state index in [4.69, 9.17) is 0 Å². The van der Waals surface area contributed by atoms with E-state index in [1.807, 2.05) is 32.9 Å². The number of phenolic OH excluding ortho intramolecular Hbond substituents is 1. The summed E-state index contributed by atoms with van der Waals surface area (Å²) in [7, 11) is 0. The van der Waals surface area contributed by atoms with Crippen LogP contribution in [-0.4, -0.2) is 10.1 Å². The van der Waals surface area contributed by atoms with Crippen molar-refractivity contribution in [2.75, 3.05) is 0 Å². The number of phenols is 1. The lowest BCUT2D eigenvalue weighted by Gasteiger charge is -2.21. The quantitative estimate of drug-likeness (QED) is 0.887. The van der Waals surface area contributed by atoms with Crippen LogP contribution in [0.25, 0.3) is 0 Å². The van der Waals surface area contributed by atoms with Crippen LogP contribution in [0.5, 0.6) is 5.75 Å². The molecule has 0 fully saturated rings. The molecule has 0 aliphatic heterocycles. The minimum Gasteiger partial charge on any atom is -0.508 e. The van der Waals surface area contributed by atoms with Gasteiger partial charge >= 0.3 is 0 Å².